The van der Waals surface area contributed by atoms with Crippen molar-refractivity contribution in [2.24, 2.45) is 5.92 Å². The Kier molecular flexibility index (Phi) is 8.16. The van der Waals surface area contributed by atoms with E-state index in [1.165, 1.54) is 6.42 Å². The van der Waals surface area contributed by atoms with Crippen molar-refractivity contribution in [3.05, 3.63) is 29.8 Å². The van der Waals surface area contributed by atoms with Gasteiger partial charge in [-0.05, 0) is 56.5 Å². The zero-order valence-corrected chi connectivity index (χ0v) is 13.4. The fraction of sp³-hybridized carbons (Fsp3) is 0.562. The predicted octanol–water partition coefficient (Wildman–Crippen LogP) is 2.51. The number of carbonyl (C=O) groups is 1. The van der Waals surface area contributed by atoms with Crippen LogP contribution in [0.1, 0.15) is 31.7 Å². The van der Waals surface area contributed by atoms with Crippen LogP contribution in [0.15, 0.2) is 24.3 Å². The average molecular weight is 313 g/mol. The van der Waals surface area contributed by atoms with Gasteiger partial charge in [0.25, 0.3) is 0 Å². The molecule has 0 aliphatic carbocycles. The number of benzene rings is 1. The maximum Gasteiger partial charge on any atom is 0.220 e. The molecule has 2 rings (SSSR count). The molecule has 1 aromatic rings. The molecular formula is C16H25ClN2O2. The van der Waals surface area contributed by atoms with Gasteiger partial charge < -0.3 is 15.4 Å². The predicted molar refractivity (Wildman–Crippen MR) is 86.9 cm³/mol. The second-order valence-corrected chi connectivity index (χ2v) is 5.25. The molecule has 1 saturated heterocycles. The van der Waals surface area contributed by atoms with Crippen LogP contribution in [-0.4, -0.2) is 25.6 Å². The lowest BCUT2D eigenvalue weighted by atomic mass is 10.0. The van der Waals surface area contributed by atoms with Gasteiger partial charge in [0, 0.05) is 13.0 Å². The van der Waals surface area contributed by atoms with Crippen LogP contribution in [0.2, 0.25) is 0 Å². The first-order valence-corrected chi connectivity index (χ1v) is 7.47. The van der Waals surface area contributed by atoms with Crippen molar-refractivity contribution in [3.63, 3.8) is 0 Å². The van der Waals surface area contributed by atoms with E-state index in [1.807, 2.05) is 31.2 Å². The van der Waals surface area contributed by atoms with Crippen LogP contribution >= 0.6 is 12.4 Å². The van der Waals surface area contributed by atoms with E-state index in [4.69, 9.17) is 4.74 Å². The maximum atomic E-state index is 11.8. The van der Waals surface area contributed by atoms with Gasteiger partial charge in [-0.2, -0.15) is 0 Å². The minimum absolute atomic E-state index is 0. The van der Waals surface area contributed by atoms with Crippen LogP contribution in [-0.2, 0) is 11.3 Å². The van der Waals surface area contributed by atoms with Gasteiger partial charge in [-0.3, -0.25) is 4.79 Å². The summed E-state index contributed by atoms with van der Waals surface area (Å²) in [5.74, 6) is 1.69. The Balaban J connectivity index is 0.00000220. The molecule has 1 amide bonds. The Morgan fingerprint density at radius 2 is 2.14 bits per heavy atom. The highest BCUT2D eigenvalue weighted by molar-refractivity contribution is 5.85. The third kappa shape index (κ3) is 6.36. The molecule has 0 aromatic heterocycles. The van der Waals surface area contributed by atoms with E-state index in [1.54, 1.807) is 0 Å². The van der Waals surface area contributed by atoms with E-state index >= 15 is 0 Å². The molecule has 21 heavy (non-hydrogen) atoms. The number of rotatable bonds is 7. The van der Waals surface area contributed by atoms with E-state index in [0.29, 0.717) is 25.5 Å². The lowest BCUT2D eigenvalue weighted by molar-refractivity contribution is -0.121. The van der Waals surface area contributed by atoms with Crippen molar-refractivity contribution in [1.29, 1.82) is 0 Å². The molecule has 2 N–H and O–H groups in total. The summed E-state index contributed by atoms with van der Waals surface area (Å²) in [4.78, 5) is 11.8. The number of ether oxygens (including phenoxy) is 1. The molecule has 1 unspecified atom stereocenters. The van der Waals surface area contributed by atoms with Crippen molar-refractivity contribution in [2.75, 3.05) is 19.7 Å². The van der Waals surface area contributed by atoms with Crippen LogP contribution in [0.5, 0.6) is 5.75 Å². The Morgan fingerprint density at radius 3 is 2.76 bits per heavy atom. The van der Waals surface area contributed by atoms with Crippen LogP contribution in [0.3, 0.4) is 0 Å². The number of halogens is 1. The number of amides is 1. The number of carbonyl (C=O) groups excluding carboxylic acids is 1. The first kappa shape index (κ1) is 17.8. The van der Waals surface area contributed by atoms with Gasteiger partial charge in [-0.1, -0.05) is 12.1 Å². The third-order valence-corrected chi connectivity index (χ3v) is 3.67. The summed E-state index contributed by atoms with van der Waals surface area (Å²) < 4.78 is 5.39. The third-order valence-electron chi connectivity index (χ3n) is 3.67. The molecule has 118 valence electrons. The van der Waals surface area contributed by atoms with Gasteiger partial charge in [0.05, 0.1) is 6.61 Å². The number of nitrogens with one attached hydrogen (secondary N) is 2. The zero-order valence-electron chi connectivity index (χ0n) is 12.6. The molecule has 0 spiro atoms. The summed E-state index contributed by atoms with van der Waals surface area (Å²) >= 11 is 0. The highest BCUT2D eigenvalue weighted by atomic mass is 35.5. The second-order valence-electron chi connectivity index (χ2n) is 5.25. The van der Waals surface area contributed by atoms with Crippen molar-refractivity contribution >= 4 is 18.3 Å². The summed E-state index contributed by atoms with van der Waals surface area (Å²) in [6, 6.07) is 7.86. The van der Waals surface area contributed by atoms with Crippen LogP contribution in [0.4, 0.5) is 0 Å². The lowest BCUT2D eigenvalue weighted by Gasteiger charge is -2.09. The molecule has 0 radical (unpaired) electrons. The molecule has 0 saturated carbocycles. The van der Waals surface area contributed by atoms with Crippen LogP contribution < -0.4 is 15.4 Å². The second kappa shape index (κ2) is 9.64. The van der Waals surface area contributed by atoms with Gasteiger partial charge in [0.2, 0.25) is 5.91 Å². The molecule has 1 heterocycles. The van der Waals surface area contributed by atoms with E-state index in [0.717, 1.165) is 30.8 Å². The molecule has 1 fully saturated rings. The standard InChI is InChI=1S/C16H24N2O2.ClH/c1-2-20-15-6-3-13(4-7-15)12-18-16(19)8-5-14-9-10-17-11-14;/h3-4,6-7,14,17H,2,5,8-12H2,1H3,(H,18,19);1H. The van der Waals surface area contributed by atoms with E-state index in [9.17, 15) is 4.79 Å². The zero-order chi connectivity index (χ0) is 14.2. The summed E-state index contributed by atoms with van der Waals surface area (Å²) in [5.41, 5.74) is 1.10. The van der Waals surface area contributed by atoms with Gasteiger partial charge in [0.15, 0.2) is 0 Å². The Bertz CT molecular complexity index is 417. The smallest absolute Gasteiger partial charge is 0.220 e. The summed E-state index contributed by atoms with van der Waals surface area (Å²) in [5, 5.41) is 6.30. The van der Waals surface area contributed by atoms with Gasteiger partial charge >= 0.3 is 0 Å². The van der Waals surface area contributed by atoms with E-state index in [2.05, 4.69) is 10.6 Å². The lowest BCUT2D eigenvalue weighted by Crippen LogP contribution is -2.23. The minimum Gasteiger partial charge on any atom is -0.494 e. The summed E-state index contributed by atoms with van der Waals surface area (Å²) in [6.45, 7) is 5.39. The Morgan fingerprint density at radius 1 is 1.38 bits per heavy atom. The monoisotopic (exact) mass is 312 g/mol. The summed E-state index contributed by atoms with van der Waals surface area (Å²) in [6.07, 6.45) is 2.82. The Labute approximate surface area is 133 Å². The minimum atomic E-state index is 0. The highest BCUT2D eigenvalue weighted by Gasteiger charge is 2.15. The molecule has 5 heteroatoms. The molecule has 1 atom stereocenters. The fourth-order valence-corrected chi connectivity index (χ4v) is 2.46. The largest absolute Gasteiger partial charge is 0.494 e. The van der Waals surface area contributed by atoms with E-state index < -0.39 is 0 Å². The van der Waals surface area contributed by atoms with Gasteiger partial charge in [-0.15, -0.1) is 12.4 Å². The van der Waals surface area contributed by atoms with Crippen molar-refractivity contribution < 1.29 is 9.53 Å². The Hall–Kier alpha value is -1.26. The molecular weight excluding hydrogens is 288 g/mol. The number of hydrogen-bond acceptors (Lipinski definition) is 3. The number of hydrogen-bond donors (Lipinski definition) is 2. The molecule has 1 aliphatic heterocycles. The van der Waals surface area contributed by atoms with Crippen LogP contribution in [0, 0.1) is 5.92 Å². The van der Waals surface area contributed by atoms with E-state index in [-0.39, 0.29) is 18.3 Å². The first-order valence-electron chi connectivity index (χ1n) is 7.47. The van der Waals surface area contributed by atoms with Gasteiger partial charge in [-0.25, -0.2) is 0 Å². The summed E-state index contributed by atoms with van der Waals surface area (Å²) in [7, 11) is 0. The SMILES string of the molecule is CCOc1ccc(CNC(=O)CCC2CCNC2)cc1.Cl. The fourth-order valence-electron chi connectivity index (χ4n) is 2.46. The molecule has 0 bridgehead atoms. The van der Waals surface area contributed by atoms with Crippen molar-refractivity contribution in [2.45, 2.75) is 32.7 Å². The first-order chi connectivity index (χ1) is 9.78. The maximum absolute atomic E-state index is 11.8. The van der Waals surface area contributed by atoms with Gasteiger partial charge in [0.1, 0.15) is 5.75 Å². The van der Waals surface area contributed by atoms with Crippen molar-refractivity contribution in [1.82, 2.24) is 10.6 Å². The molecule has 4 nitrogen and oxygen atoms in total. The highest BCUT2D eigenvalue weighted by Crippen LogP contribution is 2.14. The topological polar surface area (TPSA) is 50.4 Å². The molecule has 1 aliphatic rings. The molecule has 1 aromatic carbocycles. The quantitative estimate of drug-likeness (QED) is 0.813. The normalized spacial score (nSPS) is 17.1. The average Bonchev–Trinajstić information content (AvgIpc) is 2.98. The van der Waals surface area contributed by atoms with Crippen molar-refractivity contribution in [3.8, 4) is 5.75 Å². The van der Waals surface area contributed by atoms with Crippen LogP contribution in [0.25, 0.3) is 0 Å².